The van der Waals surface area contributed by atoms with Gasteiger partial charge in [-0.25, -0.2) is 9.36 Å². The molecule has 10 heteroatoms. The van der Waals surface area contributed by atoms with Gasteiger partial charge >= 0.3 is 6.09 Å². The first-order chi connectivity index (χ1) is 20.0. The predicted molar refractivity (Wildman–Crippen MR) is 163 cm³/mol. The number of amides is 2. The largest absolute Gasteiger partial charge is 1.00 e. The van der Waals surface area contributed by atoms with Gasteiger partial charge in [0.25, 0.3) is 5.91 Å². The first-order valence-electron chi connectivity index (χ1n) is 13.7. The molecular formula is C32H35BrClN3O5. The lowest BCUT2D eigenvalue weighted by Crippen LogP contribution is -3.00. The molecule has 222 valence electrons. The van der Waals surface area contributed by atoms with Gasteiger partial charge in [-0.15, -0.1) is 0 Å². The Morgan fingerprint density at radius 2 is 1.55 bits per heavy atom. The summed E-state index contributed by atoms with van der Waals surface area (Å²) in [5, 5.41) is 7.74. The summed E-state index contributed by atoms with van der Waals surface area (Å²) < 4.78 is 19.2. The number of benzene rings is 3. The first kappa shape index (κ1) is 33.0. The molecule has 2 amide bonds. The molecule has 1 aromatic heterocycles. The van der Waals surface area contributed by atoms with Crippen molar-refractivity contribution in [1.82, 2.24) is 0 Å². The summed E-state index contributed by atoms with van der Waals surface area (Å²) >= 11 is 3.48. The highest BCUT2D eigenvalue weighted by atomic mass is 79.9. The van der Waals surface area contributed by atoms with Crippen molar-refractivity contribution < 1.29 is 40.8 Å². The Kier molecular flexibility index (Phi) is 13.7. The summed E-state index contributed by atoms with van der Waals surface area (Å²) in [5.74, 6) is -0.150. The predicted octanol–water partition coefficient (Wildman–Crippen LogP) is 3.38. The summed E-state index contributed by atoms with van der Waals surface area (Å²) in [6, 6.07) is 23.1. The molecule has 1 heterocycles. The lowest BCUT2D eigenvalue weighted by atomic mass is 10.1. The van der Waals surface area contributed by atoms with Crippen LogP contribution in [0.3, 0.4) is 0 Å². The minimum Gasteiger partial charge on any atom is -1.00 e. The van der Waals surface area contributed by atoms with Crippen molar-refractivity contribution in [2.45, 2.75) is 26.3 Å². The molecule has 4 aromatic rings. The van der Waals surface area contributed by atoms with E-state index in [4.69, 9.17) is 14.2 Å². The van der Waals surface area contributed by atoms with Crippen LogP contribution in [-0.2, 0) is 27.2 Å². The summed E-state index contributed by atoms with van der Waals surface area (Å²) in [6.45, 7) is 4.80. The molecule has 0 saturated carbocycles. The molecule has 42 heavy (non-hydrogen) atoms. The van der Waals surface area contributed by atoms with E-state index in [9.17, 15) is 9.59 Å². The molecule has 4 rings (SSSR count). The van der Waals surface area contributed by atoms with Crippen LogP contribution >= 0.6 is 15.9 Å². The molecule has 0 atom stereocenters. The van der Waals surface area contributed by atoms with Crippen LogP contribution in [0.5, 0.6) is 0 Å². The number of halogens is 2. The van der Waals surface area contributed by atoms with Gasteiger partial charge in [0.1, 0.15) is 18.7 Å². The monoisotopic (exact) mass is 655 g/mol. The van der Waals surface area contributed by atoms with E-state index in [1.165, 1.54) is 0 Å². The number of fused-ring (bicyclic) bond motifs is 1. The molecule has 0 unspecified atom stereocenters. The van der Waals surface area contributed by atoms with Crippen LogP contribution in [0.4, 0.5) is 16.2 Å². The quantitative estimate of drug-likeness (QED) is 0.161. The summed E-state index contributed by atoms with van der Waals surface area (Å²) in [5.41, 5.74) is 3.16. The molecule has 0 aliphatic rings. The number of nitrogens with one attached hydrogen (secondary N) is 2. The van der Waals surface area contributed by atoms with Gasteiger partial charge < -0.3 is 31.9 Å². The number of aromatic nitrogens is 1. The van der Waals surface area contributed by atoms with Crippen LogP contribution in [0.25, 0.3) is 10.8 Å². The van der Waals surface area contributed by atoms with Crippen LogP contribution < -0.4 is 27.6 Å². The first-order valence-corrected chi connectivity index (χ1v) is 14.5. The maximum Gasteiger partial charge on any atom is 0.411 e. The van der Waals surface area contributed by atoms with Gasteiger partial charge in [0.2, 0.25) is 0 Å². The van der Waals surface area contributed by atoms with Gasteiger partial charge in [-0.2, -0.15) is 0 Å². The number of rotatable bonds is 14. The highest BCUT2D eigenvalue weighted by Gasteiger charge is 2.13. The van der Waals surface area contributed by atoms with E-state index in [1.807, 2.05) is 89.8 Å². The maximum absolute atomic E-state index is 12.7. The third kappa shape index (κ3) is 10.4. The van der Waals surface area contributed by atoms with Gasteiger partial charge in [0.05, 0.1) is 36.6 Å². The van der Waals surface area contributed by atoms with Gasteiger partial charge in [-0.1, -0.05) is 55.5 Å². The van der Waals surface area contributed by atoms with Crippen LogP contribution in [0.2, 0.25) is 0 Å². The van der Waals surface area contributed by atoms with E-state index in [0.717, 1.165) is 45.9 Å². The van der Waals surface area contributed by atoms with E-state index in [2.05, 4.69) is 33.5 Å². The minimum atomic E-state index is -0.514. The molecule has 0 radical (unpaired) electrons. The van der Waals surface area contributed by atoms with E-state index < -0.39 is 6.09 Å². The summed E-state index contributed by atoms with van der Waals surface area (Å²) in [4.78, 5) is 24.8. The van der Waals surface area contributed by atoms with Gasteiger partial charge in [-0.05, 0) is 57.6 Å². The second kappa shape index (κ2) is 17.5. The SMILES string of the molecule is CCC[n+]1cc(Br)cc(C(=O)Nc2ccc(CCOCCOCCOC(=O)Nc3cccc4ccccc34)cc2)c1.[Cl-]. The molecule has 0 bridgehead atoms. The number of ether oxygens (including phenoxy) is 3. The van der Waals surface area contributed by atoms with Crippen molar-refractivity contribution >= 4 is 50.1 Å². The Hall–Kier alpha value is -3.50. The average Bonchev–Trinajstić information content (AvgIpc) is 2.97. The molecule has 0 spiro atoms. The zero-order chi connectivity index (χ0) is 28.9. The molecule has 0 fully saturated rings. The number of carbonyl (C=O) groups is 2. The number of anilines is 2. The fourth-order valence-electron chi connectivity index (χ4n) is 4.25. The molecule has 2 N–H and O–H groups in total. The normalized spacial score (nSPS) is 10.6. The average molecular weight is 657 g/mol. The molecule has 0 aliphatic heterocycles. The van der Waals surface area contributed by atoms with E-state index in [1.54, 1.807) is 0 Å². The second-order valence-corrected chi connectivity index (χ2v) is 10.3. The summed E-state index contributed by atoms with van der Waals surface area (Å²) in [6.07, 6.45) is 5.04. The van der Waals surface area contributed by atoms with Crippen molar-refractivity contribution in [3.8, 4) is 0 Å². The Morgan fingerprint density at radius 3 is 2.33 bits per heavy atom. The highest BCUT2D eigenvalue weighted by Crippen LogP contribution is 2.23. The van der Waals surface area contributed by atoms with Crippen molar-refractivity contribution in [1.29, 1.82) is 0 Å². The van der Waals surface area contributed by atoms with Crippen LogP contribution in [0.1, 0.15) is 29.3 Å². The van der Waals surface area contributed by atoms with E-state index in [0.29, 0.717) is 31.1 Å². The smallest absolute Gasteiger partial charge is 0.411 e. The van der Waals surface area contributed by atoms with Crippen LogP contribution in [0, 0.1) is 0 Å². The standard InChI is InChI=1S/C32H34BrN3O5.ClH/c1-2-15-36-22-26(21-27(33)23-36)31(37)34-28-12-10-24(11-13-28)14-16-39-17-18-40-19-20-41-32(38)35-30-9-5-7-25-6-3-4-8-29(25)30;/h3-13,21-23H,2,14-20H2,1H3,(H-,34,35,37,38);1H. The van der Waals surface area contributed by atoms with Gasteiger partial charge in [0, 0.05) is 17.5 Å². The van der Waals surface area contributed by atoms with Crippen LogP contribution in [-0.4, -0.2) is 45.0 Å². The number of hydrogen-bond acceptors (Lipinski definition) is 5. The van der Waals surface area contributed by atoms with E-state index in [-0.39, 0.29) is 31.5 Å². The van der Waals surface area contributed by atoms with Gasteiger partial charge in [0.15, 0.2) is 12.4 Å². The third-order valence-corrected chi connectivity index (χ3v) is 6.67. The second-order valence-electron chi connectivity index (χ2n) is 9.39. The fourth-order valence-corrected chi connectivity index (χ4v) is 4.76. The lowest BCUT2D eigenvalue weighted by Gasteiger charge is -2.10. The number of carbonyl (C=O) groups excluding carboxylic acids is 2. The van der Waals surface area contributed by atoms with Crippen molar-refractivity contribution in [2.75, 3.05) is 43.7 Å². The Morgan fingerprint density at radius 1 is 0.833 bits per heavy atom. The van der Waals surface area contributed by atoms with E-state index >= 15 is 0 Å². The molecule has 0 saturated heterocycles. The summed E-state index contributed by atoms with van der Waals surface area (Å²) in [7, 11) is 0. The topological polar surface area (TPSA) is 89.8 Å². The Bertz CT molecular complexity index is 1450. The van der Waals surface area contributed by atoms with Crippen molar-refractivity contribution in [2.24, 2.45) is 0 Å². The van der Waals surface area contributed by atoms with Crippen LogP contribution in [0.15, 0.2) is 89.7 Å². The highest BCUT2D eigenvalue weighted by molar-refractivity contribution is 9.10. The third-order valence-electron chi connectivity index (χ3n) is 6.24. The minimum absolute atomic E-state index is 0. The number of pyridine rings is 1. The lowest BCUT2D eigenvalue weighted by molar-refractivity contribution is -0.697. The van der Waals surface area contributed by atoms with Crippen molar-refractivity contribution in [3.63, 3.8) is 0 Å². The fraction of sp³-hybridized carbons (Fsp3) is 0.281. The molecular weight excluding hydrogens is 622 g/mol. The Balaban J connectivity index is 0.00000484. The number of hydrogen-bond donors (Lipinski definition) is 2. The van der Waals surface area contributed by atoms with Gasteiger partial charge in [-0.3, -0.25) is 10.1 Å². The maximum atomic E-state index is 12.7. The molecule has 3 aromatic carbocycles. The number of aryl methyl sites for hydroxylation is 1. The molecule has 8 nitrogen and oxygen atoms in total. The van der Waals surface area contributed by atoms with Crippen molar-refractivity contribution in [3.05, 3.63) is 101 Å². The molecule has 0 aliphatic carbocycles. The zero-order valence-corrected chi connectivity index (χ0v) is 25.8. The Labute approximate surface area is 260 Å². The number of nitrogens with zero attached hydrogens (tertiary/aromatic N) is 1. The zero-order valence-electron chi connectivity index (χ0n) is 23.5.